The Labute approximate surface area is 227 Å². The van der Waals surface area contributed by atoms with Gasteiger partial charge in [0.2, 0.25) is 5.91 Å². The van der Waals surface area contributed by atoms with E-state index in [-0.39, 0.29) is 5.91 Å². The molecule has 3 aromatic carbocycles. The molecule has 1 aromatic heterocycles. The molecule has 0 radical (unpaired) electrons. The smallest absolute Gasteiger partial charge is 0.237 e. The Balaban J connectivity index is 1.80. The zero-order valence-electron chi connectivity index (χ0n) is 22.0. The van der Waals surface area contributed by atoms with Gasteiger partial charge in [-0.2, -0.15) is 5.26 Å². The second kappa shape index (κ2) is 11.8. The Hall–Kier alpha value is -4.28. The number of aryl methyl sites for hydroxylation is 1. The average molecular weight is 524 g/mol. The van der Waals surface area contributed by atoms with Crippen LogP contribution in [0.15, 0.2) is 77.8 Å². The zero-order valence-corrected chi connectivity index (χ0v) is 22.8. The van der Waals surface area contributed by atoms with Crippen LogP contribution in [0, 0.1) is 25.2 Å². The van der Waals surface area contributed by atoms with Crippen molar-refractivity contribution in [2.75, 3.05) is 19.5 Å². The highest BCUT2D eigenvalue weighted by Crippen LogP contribution is 2.42. The number of amides is 1. The van der Waals surface area contributed by atoms with E-state index < -0.39 is 5.25 Å². The van der Waals surface area contributed by atoms with E-state index in [9.17, 15) is 10.1 Å². The first-order valence-corrected chi connectivity index (χ1v) is 13.0. The van der Waals surface area contributed by atoms with E-state index in [1.807, 2.05) is 93.6 Å². The number of nitrogens with one attached hydrogen (secondary N) is 1. The summed E-state index contributed by atoms with van der Waals surface area (Å²) < 4.78 is 11.2. The summed E-state index contributed by atoms with van der Waals surface area (Å²) in [7, 11) is 3.15. The maximum absolute atomic E-state index is 13.2. The minimum absolute atomic E-state index is 0.167. The van der Waals surface area contributed by atoms with E-state index in [1.54, 1.807) is 14.2 Å². The Bertz CT molecular complexity index is 1510. The standard InChI is InChI=1S/C31H29N3O3S/c1-19-11-9-15-26(20(19)2)33-30(35)21(3)38-31-25(18-32)24(17-27(34-31)22-12-7-6-8-13-22)23-14-10-16-28(36-4)29(23)37-5/h6-17,21H,1-5H3,(H,33,35). The van der Waals surface area contributed by atoms with Crippen LogP contribution in [0.2, 0.25) is 0 Å². The Morgan fingerprint density at radius 2 is 1.71 bits per heavy atom. The molecular weight excluding hydrogens is 494 g/mol. The van der Waals surface area contributed by atoms with E-state index in [0.29, 0.717) is 38.9 Å². The first-order valence-electron chi connectivity index (χ1n) is 12.1. The van der Waals surface area contributed by atoms with Crippen LogP contribution in [-0.2, 0) is 4.79 Å². The third-order valence-electron chi connectivity index (χ3n) is 6.38. The predicted octanol–water partition coefficient (Wildman–Crippen LogP) is 7.04. The lowest BCUT2D eigenvalue weighted by molar-refractivity contribution is -0.115. The Kier molecular flexibility index (Phi) is 8.35. The van der Waals surface area contributed by atoms with E-state index in [0.717, 1.165) is 22.4 Å². The molecule has 0 aliphatic carbocycles. The van der Waals surface area contributed by atoms with Crippen molar-refractivity contribution in [3.63, 3.8) is 0 Å². The van der Waals surface area contributed by atoms with Gasteiger partial charge < -0.3 is 14.8 Å². The number of thioether (sulfide) groups is 1. The van der Waals surface area contributed by atoms with Crippen molar-refractivity contribution in [1.29, 1.82) is 5.26 Å². The molecule has 4 aromatic rings. The molecule has 0 aliphatic heterocycles. The number of para-hydroxylation sites is 1. The average Bonchev–Trinajstić information content (AvgIpc) is 2.94. The highest BCUT2D eigenvalue weighted by Gasteiger charge is 2.24. The maximum Gasteiger partial charge on any atom is 0.237 e. The van der Waals surface area contributed by atoms with E-state index in [1.165, 1.54) is 11.8 Å². The number of carbonyl (C=O) groups is 1. The van der Waals surface area contributed by atoms with Gasteiger partial charge in [0.05, 0.1) is 30.7 Å². The Morgan fingerprint density at radius 3 is 2.39 bits per heavy atom. The summed E-state index contributed by atoms with van der Waals surface area (Å²) in [5.41, 5.74) is 6.21. The van der Waals surface area contributed by atoms with Crippen molar-refractivity contribution in [3.8, 4) is 40.0 Å². The minimum Gasteiger partial charge on any atom is -0.493 e. The lowest BCUT2D eigenvalue weighted by atomic mass is 9.98. The molecule has 0 aliphatic rings. The normalized spacial score (nSPS) is 11.4. The van der Waals surface area contributed by atoms with Gasteiger partial charge in [0.25, 0.3) is 0 Å². The van der Waals surface area contributed by atoms with Crippen LogP contribution in [0.4, 0.5) is 5.69 Å². The van der Waals surface area contributed by atoms with E-state index in [4.69, 9.17) is 14.5 Å². The van der Waals surface area contributed by atoms with Gasteiger partial charge in [-0.3, -0.25) is 4.79 Å². The number of hydrogen-bond acceptors (Lipinski definition) is 6. The summed E-state index contributed by atoms with van der Waals surface area (Å²) in [6, 6.07) is 25.3. The minimum atomic E-state index is -0.513. The quantitative estimate of drug-likeness (QED) is 0.249. The molecule has 1 amide bonds. The fourth-order valence-corrected chi connectivity index (χ4v) is 5.05. The van der Waals surface area contributed by atoms with Crippen LogP contribution in [0.3, 0.4) is 0 Å². The number of methoxy groups -OCH3 is 2. The van der Waals surface area contributed by atoms with Crippen molar-refractivity contribution in [2.24, 2.45) is 0 Å². The summed E-state index contributed by atoms with van der Waals surface area (Å²) in [6.07, 6.45) is 0. The second-order valence-corrected chi connectivity index (χ2v) is 10.1. The first kappa shape index (κ1) is 26.8. The topological polar surface area (TPSA) is 84.2 Å². The summed E-state index contributed by atoms with van der Waals surface area (Å²) in [6.45, 7) is 5.81. The third kappa shape index (κ3) is 5.51. The molecule has 0 fully saturated rings. The number of benzene rings is 3. The third-order valence-corrected chi connectivity index (χ3v) is 7.47. The molecule has 0 saturated carbocycles. The van der Waals surface area contributed by atoms with Crippen molar-refractivity contribution in [2.45, 2.75) is 31.0 Å². The van der Waals surface area contributed by atoms with Crippen LogP contribution in [0.5, 0.6) is 11.5 Å². The van der Waals surface area contributed by atoms with Crippen LogP contribution < -0.4 is 14.8 Å². The summed E-state index contributed by atoms with van der Waals surface area (Å²) in [5, 5.41) is 13.3. The molecule has 7 heteroatoms. The number of hydrogen-bond donors (Lipinski definition) is 1. The molecule has 4 rings (SSSR count). The highest BCUT2D eigenvalue weighted by atomic mass is 32.2. The van der Waals surface area contributed by atoms with Crippen molar-refractivity contribution < 1.29 is 14.3 Å². The summed E-state index contributed by atoms with van der Waals surface area (Å²) >= 11 is 1.26. The van der Waals surface area contributed by atoms with E-state index >= 15 is 0 Å². The number of ether oxygens (including phenoxy) is 2. The van der Waals surface area contributed by atoms with Crippen LogP contribution in [0.25, 0.3) is 22.4 Å². The zero-order chi connectivity index (χ0) is 27.2. The highest BCUT2D eigenvalue weighted by molar-refractivity contribution is 8.00. The summed E-state index contributed by atoms with van der Waals surface area (Å²) in [5.74, 6) is 0.913. The van der Waals surface area contributed by atoms with Gasteiger partial charge in [-0.15, -0.1) is 0 Å². The van der Waals surface area contributed by atoms with Gasteiger partial charge >= 0.3 is 0 Å². The number of aromatic nitrogens is 1. The molecule has 6 nitrogen and oxygen atoms in total. The van der Waals surface area contributed by atoms with Gasteiger partial charge in [0.1, 0.15) is 11.1 Å². The maximum atomic E-state index is 13.2. The molecule has 38 heavy (non-hydrogen) atoms. The molecule has 0 bridgehead atoms. The lowest BCUT2D eigenvalue weighted by Gasteiger charge is -2.18. The number of anilines is 1. The fraction of sp³-hybridized carbons (Fsp3) is 0.194. The predicted molar refractivity (Wildman–Crippen MR) is 153 cm³/mol. The second-order valence-electron chi connectivity index (χ2n) is 8.75. The molecule has 1 unspecified atom stereocenters. The monoisotopic (exact) mass is 523 g/mol. The van der Waals surface area contributed by atoms with Crippen LogP contribution in [0.1, 0.15) is 23.6 Å². The van der Waals surface area contributed by atoms with Crippen molar-refractivity contribution in [3.05, 3.63) is 89.5 Å². The molecule has 192 valence electrons. The van der Waals surface area contributed by atoms with Gasteiger partial charge in [-0.05, 0) is 50.1 Å². The van der Waals surface area contributed by atoms with Gasteiger partial charge in [-0.25, -0.2) is 4.98 Å². The molecule has 1 atom stereocenters. The molecule has 1 heterocycles. The van der Waals surface area contributed by atoms with Crippen molar-refractivity contribution in [1.82, 2.24) is 4.98 Å². The number of pyridine rings is 1. The van der Waals surface area contributed by atoms with Gasteiger partial charge in [0, 0.05) is 22.4 Å². The van der Waals surface area contributed by atoms with E-state index in [2.05, 4.69) is 11.4 Å². The molecule has 0 saturated heterocycles. The van der Waals surface area contributed by atoms with Gasteiger partial charge in [0.15, 0.2) is 11.5 Å². The van der Waals surface area contributed by atoms with Gasteiger partial charge in [-0.1, -0.05) is 66.4 Å². The molecule has 0 spiro atoms. The Morgan fingerprint density at radius 1 is 0.974 bits per heavy atom. The van der Waals surface area contributed by atoms with Crippen LogP contribution >= 0.6 is 11.8 Å². The SMILES string of the molecule is COc1cccc(-c2cc(-c3ccccc3)nc(SC(C)C(=O)Nc3cccc(C)c3C)c2C#N)c1OC. The number of nitriles is 1. The largest absolute Gasteiger partial charge is 0.493 e. The molecular formula is C31H29N3O3S. The molecule has 1 N–H and O–H groups in total. The number of carbonyl (C=O) groups excluding carboxylic acids is 1. The van der Waals surface area contributed by atoms with Crippen LogP contribution in [-0.4, -0.2) is 30.4 Å². The number of nitrogens with zero attached hydrogens (tertiary/aromatic N) is 2. The van der Waals surface area contributed by atoms with Crippen molar-refractivity contribution >= 4 is 23.4 Å². The lowest BCUT2D eigenvalue weighted by Crippen LogP contribution is -2.23. The summed E-state index contributed by atoms with van der Waals surface area (Å²) in [4.78, 5) is 18.0. The first-order chi connectivity index (χ1) is 18.4. The number of rotatable bonds is 8. The fourth-order valence-electron chi connectivity index (χ4n) is 4.13.